The summed E-state index contributed by atoms with van der Waals surface area (Å²) in [5.74, 6) is -1.32. The summed E-state index contributed by atoms with van der Waals surface area (Å²) >= 11 is 1.04. The number of carboxylic acids is 1. The summed E-state index contributed by atoms with van der Waals surface area (Å²) in [7, 11) is -4.10. The Morgan fingerprint density at radius 2 is 1.84 bits per heavy atom. The van der Waals surface area contributed by atoms with Crippen LogP contribution in [0, 0.1) is 0 Å². The molecule has 0 aliphatic heterocycles. The van der Waals surface area contributed by atoms with Crippen molar-refractivity contribution < 1.29 is 28.2 Å². The Bertz CT molecular complexity index is 1180. The van der Waals surface area contributed by atoms with E-state index in [1.54, 1.807) is 55.5 Å². The Kier molecular flexibility index (Phi) is 7.35. The van der Waals surface area contributed by atoms with Gasteiger partial charge in [0.1, 0.15) is 22.1 Å². The van der Waals surface area contributed by atoms with Crippen molar-refractivity contribution in [2.75, 3.05) is 13.2 Å². The normalized spacial score (nSPS) is 14.5. The minimum atomic E-state index is -4.10. The molecule has 0 aliphatic carbocycles. The third-order valence-corrected chi connectivity index (χ3v) is 8.48. The Hall–Kier alpha value is -2.72. The molecule has 0 fully saturated rings. The molecule has 3 rings (SSSR count). The van der Waals surface area contributed by atoms with Gasteiger partial charge in [-0.05, 0) is 42.3 Å². The first-order valence-electron chi connectivity index (χ1n) is 9.93. The first-order chi connectivity index (χ1) is 15.2. The number of thiophene rings is 1. The Labute approximate surface area is 191 Å². The van der Waals surface area contributed by atoms with Gasteiger partial charge in [0.2, 0.25) is 0 Å². The SMILES string of the molecule is CC(c1ccccc1)[C@](C)(NS(=O)(=O)c1ccc(-c2cccc(OCCO)c2)s1)C(=O)O. The van der Waals surface area contributed by atoms with Crippen LogP contribution in [0.5, 0.6) is 5.75 Å². The van der Waals surface area contributed by atoms with Crippen LogP contribution in [0.2, 0.25) is 0 Å². The highest BCUT2D eigenvalue weighted by atomic mass is 32.2. The van der Waals surface area contributed by atoms with E-state index in [1.165, 1.54) is 13.0 Å². The van der Waals surface area contributed by atoms with E-state index in [0.717, 1.165) is 16.9 Å². The van der Waals surface area contributed by atoms with Gasteiger partial charge in [-0.1, -0.05) is 49.4 Å². The van der Waals surface area contributed by atoms with Gasteiger partial charge in [-0.2, -0.15) is 4.72 Å². The average Bonchev–Trinajstić information content (AvgIpc) is 3.29. The quantitative estimate of drug-likeness (QED) is 0.412. The van der Waals surface area contributed by atoms with E-state index in [-0.39, 0.29) is 17.4 Å². The molecule has 0 aliphatic rings. The summed E-state index contributed by atoms with van der Waals surface area (Å²) in [5.41, 5.74) is -0.278. The number of nitrogens with one attached hydrogen (secondary N) is 1. The summed E-state index contributed by atoms with van der Waals surface area (Å²) in [5, 5.41) is 18.8. The molecule has 1 heterocycles. The van der Waals surface area contributed by atoms with Crippen LogP contribution in [0.3, 0.4) is 0 Å². The van der Waals surface area contributed by atoms with Crippen molar-refractivity contribution in [3.63, 3.8) is 0 Å². The van der Waals surface area contributed by atoms with E-state index in [0.29, 0.717) is 16.2 Å². The molecule has 3 aromatic rings. The number of sulfonamides is 1. The lowest BCUT2D eigenvalue weighted by molar-refractivity contribution is -0.144. The van der Waals surface area contributed by atoms with Crippen LogP contribution >= 0.6 is 11.3 Å². The van der Waals surface area contributed by atoms with Crippen LogP contribution in [-0.2, 0) is 14.8 Å². The van der Waals surface area contributed by atoms with Crippen molar-refractivity contribution in [3.8, 4) is 16.2 Å². The average molecular weight is 476 g/mol. The fourth-order valence-corrected chi connectivity index (χ4v) is 5.98. The van der Waals surface area contributed by atoms with Crippen LogP contribution in [0.15, 0.2) is 70.9 Å². The van der Waals surface area contributed by atoms with Gasteiger partial charge < -0.3 is 14.9 Å². The molecular formula is C23H25NO6S2. The highest BCUT2D eigenvalue weighted by Crippen LogP contribution is 2.35. The Balaban J connectivity index is 1.88. The van der Waals surface area contributed by atoms with Gasteiger partial charge in [0.25, 0.3) is 10.0 Å². The molecule has 0 amide bonds. The Morgan fingerprint density at radius 1 is 1.12 bits per heavy atom. The summed E-state index contributed by atoms with van der Waals surface area (Å²) < 4.78 is 34.1. The first-order valence-corrected chi connectivity index (χ1v) is 12.2. The smallest absolute Gasteiger partial charge is 0.325 e. The molecule has 0 radical (unpaired) electrons. The molecule has 7 nitrogen and oxygen atoms in total. The Morgan fingerprint density at radius 3 is 2.50 bits per heavy atom. The molecular weight excluding hydrogens is 450 g/mol. The van der Waals surface area contributed by atoms with Crippen molar-refractivity contribution in [2.45, 2.75) is 29.5 Å². The molecule has 170 valence electrons. The maximum atomic E-state index is 13.1. The number of carbonyl (C=O) groups is 1. The lowest BCUT2D eigenvalue weighted by atomic mass is 9.83. The summed E-state index contributed by atoms with van der Waals surface area (Å²) in [6.45, 7) is 3.11. The predicted octanol–water partition coefficient (Wildman–Crippen LogP) is 3.71. The van der Waals surface area contributed by atoms with E-state index in [2.05, 4.69) is 4.72 Å². The monoisotopic (exact) mass is 475 g/mol. The third kappa shape index (κ3) is 5.18. The number of benzene rings is 2. The highest BCUT2D eigenvalue weighted by molar-refractivity contribution is 7.91. The molecule has 3 N–H and O–H groups in total. The molecule has 9 heteroatoms. The van der Waals surface area contributed by atoms with E-state index in [9.17, 15) is 18.3 Å². The van der Waals surface area contributed by atoms with Gasteiger partial charge in [-0.15, -0.1) is 11.3 Å². The standard InChI is InChI=1S/C23H25NO6S2/c1-16(17-7-4-3-5-8-17)23(2,22(26)27)24-32(28,29)21-12-11-20(31-21)18-9-6-10-19(15-18)30-14-13-25/h3-12,15-16,24-25H,13-14H2,1-2H3,(H,26,27)/t16?,23-/m0/s1. The van der Waals surface area contributed by atoms with Crippen LogP contribution in [0.1, 0.15) is 25.3 Å². The van der Waals surface area contributed by atoms with Crippen LogP contribution in [0.4, 0.5) is 0 Å². The van der Waals surface area contributed by atoms with Gasteiger partial charge in [0.15, 0.2) is 0 Å². The lowest BCUT2D eigenvalue weighted by Gasteiger charge is -2.32. The molecule has 1 unspecified atom stereocenters. The zero-order chi connectivity index (χ0) is 23.4. The number of ether oxygens (including phenoxy) is 1. The van der Waals surface area contributed by atoms with Crippen molar-refractivity contribution in [1.29, 1.82) is 0 Å². The number of rotatable bonds is 10. The zero-order valence-electron chi connectivity index (χ0n) is 17.7. The second-order valence-corrected chi connectivity index (χ2v) is 10.5. The zero-order valence-corrected chi connectivity index (χ0v) is 19.3. The molecule has 0 saturated carbocycles. The van der Waals surface area contributed by atoms with Crippen molar-refractivity contribution in [2.24, 2.45) is 0 Å². The van der Waals surface area contributed by atoms with E-state index >= 15 is 0 Å². The fourth-order valence-electron chi connectivity index (χ4n) is 3.24. The van der Waals surface area contributed by atoms with E-state index < -0.39 is 27.4 Å². The van der Waals surface area contributed by atoms with Crippen molar-refractivity contribution in [1.82, 2.24) is 4.72 Å². The van der Waals surface area contributed by atoms with Gasteiger partial charge in [-0.25, -0.2) is 8.42 Å². The molecule has 0 bridgehead atoms. The minimum Gasteiger partial charge on any atom is -0.491 e. The largest absolute Gasteiger partial charge is 0.491 e. The predicted molar refractivity (Wildman–Crippen MR) is 124 cm³/mol. The maximum absolute atomic E-state index is 13.1. The molecule has 2 aromatic carbocycles. The third-order valence-electron chi connectivity index (χ3n) is 5.28. The summed E-state index contributed by atoms with van der Waals surface area (Å²) in [4.78, 5) is 12.8. The van der Waals surface area contributed by atoms with Gasteiger partial charge in [-0.3, -0.25) is 4.79 Å². The summed E-state index contributed by atoms with van der Waals surface area (Å²) in [6.07, 6.45) is 0. The number of aliphatic carboxylic acids is 1. The number of hydrogen-bond donors (Lipinski definition) is 3. The number of carboxylic acid groups (broad SMARTS) is 1. The topological polar surface area (TPSA) is 113 Å². The van der Waals surface area contributed by atoms with E-state index in [1.807, 2.05) is 12.1 Å². The molecule has 1 aromatic heterocycles. The van der Waals surface area contributed by atoms with Crippen LogP contribution in [-0.4, -0.2) is 43.4 Å². The molecule has 0 saturated heterocycles. The minimum absolute atomic E-state index is 0.0157. The highest BCUT2D eigenvalue weighted by Gasteiger charge is 2.43. The summed E-state index contributed by atoms with van der Waals surface area (Å²) in [6, 6.07) is 19.2. The lowest BCUT2D eigenvalue weighted by Crippen LogP contribution is -2.55. The fraction of sp³-hybridized carbons (Fsp3) is 0.261. The maximum Gasteiger partial charge on any atom is 0.325 e. The van der Waals surface area contributed by atoms with E-state index in [4.69, 9.17) is 9.84 Å². The van der Waals surface area contributed by atoms with Gasteiger partial charge in [0, 0.05) is 10.8 Å². The molecule has 2 atom stereocenters. The number of hydrogen-bond acceptors (Lipinski definition) is 6. The second-order valence-electron chi connectivity index (χ2n) is 7.46. The van der Waals surface area contributed by atoms with Crippen molar-refractivity contribution >= 4 is 27.3 Å². The number of aliphatic hydroxyl groups excluding tert-OH is 1. The molecule has 32 heavy (non-hydrogen) atoms. The molecule has 0 spiro atoms. The van der Waals surface area contributed by atoms with Crippen LogP contribution < -0.4 is 9.46 Å². The van der Waals surface area contributed by atoms with Gasteiger partial charge in [0.05, 0.1) is 6.61 Å². The van der Waals surface area contributed by atoms with Gasteiger partial charge >= 0.3 is 5.97 Å². The first kappa shape index (κ1) is 23.9. The second kappa shape index (κ2) is 9.83. The number of aliphatic hydroxyl groups is 1. The van der Waals surface area contributed by atoms with Crippen LogP contribution in [0.25, 0.3) is 10.4 Å². The van der Waals surface area contributed by atoms with Crippen molar-refractivity contribution in [3.05, 3.63) is 72.3 Å².